The summed E-state index contributed by atoms with van der Waals surface area (Å²) in [5.74, 6) is -0.529. The Balaban J connectivity index is 2.47. The van der Waals surface area contributed by atoms with E-state index in [0.29, 0.717) is 6.42 Å². The molecule has 1 amide bonds. The van der Waals surface area contributed by atoms with Gasteiger partial charge in [0.05, 0.1) is 0 Å². The van der Waals surface area contributed by atoms with E-state index in [-0.39, 0.29) is 18.4 Å². The zero-order chi connectivity index (χ0) is 14.5. The van der Waals surface area contributed by atoms with Gasteiger partial charge in [0.2, 0.25) is 0 Å². The fraction of sp³-hybridized carbons (Fsp3) is 0.857. The Kier molecular flexibility index (Phi) is 5.63. The van der Waals surface area contributed by atoms with E-state index < -0.39 is 17.7 Å². The number of amides is 1. The van der Waals surface area contributed by atoms with Crippen molar-refractivity contribution in [2.24, 2.45) is 5.92 Å². The number of alkyl carbamates (subject to hydrolysis) is 1. The molecule has 2 unspecified atom stereocenters. The molecule has 0 aromatic rings. The summed E-state index contributed by atoms with van der Waals surface area (Å²) in [5, 5.41) is 11.6. The van der Waals surface area contributed by atoms with Crippen LogP contribution in [0.5, 0.6) is 0 Å². The molecule has 2 N–H and O–H groups in total. The lowest BCUT2D eigenvalue weighted by Crippen LogP contribution is -2.44. The van der Waals surface area contributed by atoms with Crippen LogP contribution in [-0.4, -0.2) is 28.8 Å². The first kappa shape index (κ1) is 15.8. The Morgan fingerprint density at radius 1 is 1.26 bits per heavy atom. The molecular formula is C14H25NO4. The third kappa shape index (κ3) is 6.45. The van der Waals surface area contributed by atoms with Crippen LogP contribution in [0.1, 0.15) is 59.3 Å². The Morgan fingerprint density at radius 3 is 2.47 bits per heavy atom. The lowest BCUT2D eigenvalue weighted by molar-refractivity contribution is -0.137. The summed E-state index contributed by atoms with van der Waals surface area (Å²) in [6, 6.07) is 0.0444. The normalized spacial score (nSPS) is 23.7. The lowest BCUT2D eigenvalue weighted by Gasteiger charge is -2.32. The largest absolute Gasteiger partial charge is 0.481 e. The minimum Gasteiger partial charge on any atom is -0.481 e. The number of hydrogen-bond donors (Lipinski definition) is 2. The van der Waals surface area contributed by atoms with Gasteiger partial charge in [-0.2, -0.15) is 0 Å². The topological polar surface area (TPSA) is 75.6 Å². The van der Waals surface area contributed by atoms with Gasteiger partial charge in [0.15, 0.2) is 0 Å². The second-order valence-corrected chi connectivity index (χ2v) is 6.23. The molecule has 1 fully saturated rings. The number of carboxylic acids is 1. The van der Waals surface area contributed by atoms with E-state index in [1.165, 1.54) is 0 Å². The fourth-order valence-corrected chi connectivity index (χ4v) is 2.51. The van der Waals surface area contributed by atoms with Crippen LogP contribution < -0.4 is 5.32 Å². The van der Waals surface area contributed by atoms with Crippen molar-refractivity contribution in [3.05, 3.63) is 0 Å². The van der Waals surface area contributed by atoms with Crippen LogP contribution in [0.3, 0.4) is 0 Å². The zero-order valence-electron chi connectivity index (χ0n) is 12.1. The van der Waals surface area contributed by atoms with Crippen LogP contribution in [0.2, 0.25) is 0 Å². The molecule has 0 aromatic carbocycles. The van der Waals surface area contributed by atoms with Gasteiger partial charge in [-0.1, -0.05) is 12.8 Å². The number of nitrogens with one attached hydrogen (secondary N) is 1. The van der Waals surface area contributed by atoms with E-state index in [9.17, 15) is 9.59 Å². The van der Waals surface area contributed by atoms with Gasteiger partial charge in [-0.25, -0.2) is 4.79 Å². The molecule has 2 atom stereocenters. The number of hydrogen-bond acceptors (Lipinski definition) is 3. The van der Waals surface area contributed by atoms with Crippen molar-refractivity contribution >= 4 is 12.1 Å². The highest BCUT2D eigenvalue weighted by molar-refractivity contribution is 5.68. The van der Waals surface area contributed by atoms with Gasteiger partial charge in [-0.05, 0) is 46.0 Å². The standard InChI is InChI=1S/C14H25NO4/c1-14(2,3)19-13(18)15-11-7-5-4-6-10(11)8-9-12(16)17/h10-11H,4-9H2,1-3H3,(H,15,18)(H,16,17). The molecule has 0 aromatic heterocycles. The van der Waals surface area contributed by atoms with Crippen molar-refractivity contribution in [3.8, 4) is 0 Å². The van der Waals surface area contributed by atoms with Crippen LogP contribution >= 0.6 is 0 Å². The number of carboxylic acid groups (broad SMARTS) is 1. The van der Waals surface area contributed by atoms with Crippen molar-refractivity contribution in [2.75, 3.05) is 0 Å². The number of carbonyl (C=O) groups is 2. The molecule has 5 heteroatoms. The molecule has 1 rings (SSSR count). The summed E-state index contributed by atoms with van der Waals surface area (Å²) in [6.45, 7) is 5.49. The maximum absolute atomic E-state index is 11.8. The predicted octanol–water partition coefficient (Wildman–Crippen LogP) is 2.93. The number of rotatable bonds is 4. The quantitative estimate of drug-likeness (QED) is 0.824. The summed E-state index contributed by atoms with van der Waals surface area (Å²) in [7, 11) is 0. The van der Waals surface area contributed by atoms with Crippen LogP contribution in [0.15, 0.2) is 0 Å². The molecule has 1 aliphatic carbocycles. The first-order valence-electron chi connectivity index (χ1n) is 6.99. The highest BCUT2D eigenvalue weighted by atomic mass is 16.6. The van der Waals surface area contributed by atoms with E-state index in [0.717, 1.165) is 25.7 Å². The number of ether oxygens (including phenoxy) is 1. The molecular weight excluding hydrogens is 246 g/mol. The first-order valence-corrected chi connectivity index (χ1v) is 6.99. The monoisotopic (exact) mass is 271 g/mol. The summed E-state index contributed by atoms with van der Waals surface area (Å²) < 4.78 is 5.25. The molecule has 110 valence electrons. The Labute approximate surface area is 114 Å². The summed E-state index contributed by atoms with van der Waals surface area (Å²) in [6.07, 6.45) is 4.45. The van der Waals surface area contributed by atoms with Crippen LogP contribution in [0.4, 0.5) is 4.79 Å². The molecule has 0 aliphatic heterocycles. The third-order valence-corrected chi connectivity index (χ3v) is 3.34. The highest BCUT2D eigenvalue weighted by Gasteiger charge is 2.28. The Bertz CT molecular complexity index is 322. The summed E-state index contributed by atoms with van der Waals surface area (Å²) in [5.41, 5.74) is -0.505. The van der Waals surface area contributed by atoms with Gasteiger partial charge >= 0.3 is 12.1 Å². The predicted molar refractivity (Wildman–Crippen MR) is 72.0 cm³/mol. The van der Waals surface area contributed by atoms with E-state index in [1.807, 2.05) is 20.8 Å². The third-order valence-electron chi connectivity index (χ3n) is 3.34. The fourth-order valence-electron chi connectivity index (χ4n) is 2.51. The zero-order valence-corrected chi connectivity index (χ0v) is 12.1. The lowest BCUT2D eigenvalue weighted by atomic mass is 9.82. The van der Waals surface area contributed by atoms with Gasteiger partial charge in [0.1, 0.15) is 5.60 Å². The van der Waals surface area contributed by atoms with E-state index in [4.69, 9.17) is 9.84 Å². The van der Waals surface area contributed by atoms with Crippen molar-refractivity contribution in [3.63, 3.8) is 0 Å². The summed E-state index contributed by atoms with van der Waals surface area (Å²) >= 11 is 0. The maximum Gasteiger partial charge on any atom is 0.407 e. The molecule has 5 nitrogen and oxygen atoms in total. The Hall–Kier alpha value is -1.26. The molecule has 1 aliphatic rings. The van der Waals surface area contributed by atoms with Gasteiger partial charge in [0.25, 0.3) is 0 Å². The SMILES string of the molecule is CC(C)(C)OC(=O)NC1CCCCC1CCC(=O)O. The Morgan fingerprint density at radius 2 is 1.89 bits per heavy atom. The minimum absolute atomic E-state index is 0.0444. The van der Waals surface area contributed by atoms with Gasteiger partial charge in [-0.15, -0.1) is 0 Å². The van der Waals surface area contributed by atoms with Crippen molar-refractivity contribution in [2.45, 2.75) is 70.9 Å². The number of carbonyl (C=O) groups excluding carboxylic acids is 1. The van der Waals surface area contributed by atoms with Crippen LogP contribution in [0.25, 0.3) is 0 Å². The van der Waals surface area contributed by atoms with Gasteiger partial charge in [-0.3, -0.25) is 4.79 Å². The smallest absolute Gasteiger partial charge is 0.407 e. The molecule has 19 heavy (non-hydrogen) atoms. The van der Waals surface area contributed by atoms with E-state index >= 15 is 0 Å². The molecule has 0 bridgehead atoms. The molecule has 0 heterocycles. The van der Waals surface area contributed by atoms with Crippen molar-refractivity contribution < 1.29 is 19.4 Å². The molecule has 0 radical (unpaired) electrons. The van der Waals surface area contributed by atoms with E-state index in [2.05, 4.69) is 5.32 Å². The minimum atomic E-state index is -0.776. The van der Waals surface area contributed by atoms with Gasteiger partial charge in [0, 0.05) is 12.5 Å². The van der Waals surface area contributed by atoms with Gasteiger partial charge < -0.3 is 15.2 Å². The van der Waals surface area contributed by atoms with Crippen LogP contribution in [-0.2, 0) is 9.53 Å². The van der Waals surface area contributed by atoms with E-state index in [1.54, 1.807) is 0 Å². The summed E-state index contributed by atoms with van der Waals surface area (Å²) in [4.78, 5) is 22.4. The number of aliphatic carboxylic acids is 1. The molecule has 0 spiro atoms. The first-order chi connectivity index (χ1) is 8.78. The van der Waals surface area contributed by atoms with Crippen molar-refractivity contribution in [1.29, 1.82) is 0 Å². The second kappa shape index (κ2) is 6.78. The average Bonchev–Trinajstić information content (AvgIpc) is 2.25. The second-order valence-electron chi connectivity index (χ2n) is 6.23. The molecule has 1 saturated carbocycles. The van der Waals surface area contributed by atoms with Crippen LogP contribution in [0, 0.1) is 5.92 Å². The molecule has 0 saturated heterocycles. The average molecular weight is 271 g/mol. The van der Waals surface area contributed by atoms with Crippen molar-refractivity contribution in [1.82, 2.24) is 5.32 Å². The maximum atomic E-state index is 11.8. The highest BCUT2D eigenvalue weighted by Crippen LogP contribution is 2.28.